The summed E-state index contributed by atoms with van der Waals surface area (Å²) in [4.78, 5) is 4.54. The highest BCUT2D eigenvalue weighted by atomic mass is 19.1. The first-order chi connectivity index (χ1) is 8.24. The maximum atomic E-state index is 13.7. The zero-order valence-electron chi connectivity index (χ0n) is 9.86. The van der Waals surface area contributed by atoms with Crippen LogP contribution >= 0.6 is 0 Å². The molecule has 1 aromatic carbocycles. The maximum absolute atomic E-state index is 13.7. The molecule has 0 bridgehead atoms. The van der Waals surface area contributed by atoms with Gasteiger partial charge in [-0.15, -0.1) is 0 Å². The molecule has 3 rings (SSSR count). The molecule has 1 unspecified atom stereocenters. The Morgan fingerprint density at radius 1 is 1.35 bits per heavy atom. The lowest BCUT2D eigenvalue weighted by Gasteiger charge is -2.19. The first kappa shape index (κ1) is 10.5. The lowest BCUT2D eigenvalue weighted by Crippen LogP contribution is -2.17. The third-order valence-corrected chi connectivity index (χ3v) is 3.38. The van der Waals surface area contributed by atoms with Crippen LogP contribution in [-0.4, -0.2) is 9.55 Å². The Hall–Kier alpha value is -1.64. The summed E-state index contributed by atoms with van der Waals surface area (Å²) in [6, 6.07) is 6.82. The molecule has 0 fully saturated rings. The molecule has 0 amide bonds. The fourth-order valence-corrected chi connectivity index (χ4v) is 2.41. The van der Waals surface area contributed by atoms with Gasteiger partial charge >= 0.3 is 0 Å². The number of aromatic nitrogens is 2. The lowest BCUT2D eigenvalue weighted by atomic mass is 10.0. The van der Waals surface area contributed by atoms with E-state index in [0.717, 1.165) is 24.5 Å². The normalized spacial score (nSPS) is 19.1. The van der Waals surface area contributed by atoms with Crippen molar-refractivity contribution in [3.8, 4) is 11.3 Å². The standard InChI is InChI=1S/C14H15FN2/c1-10-6-7-14-16-13(9-17(14)8-10)11-4-2-3-5-12(11)15/h2-5,9-10H,6-8H2,1H3. The molecule has 2 nitrogen and oxygen atoms in total. The van der Waals surface area contributed by atoms with Gasteiger partial charge in [-0.25, -0.2) is 9.37 Å². The Morgan fingerprint density at radius 3 is 3.00 bits per heavy atom. The second-order valence-electron chi connectivity index (χ2n) is 4.82. The molecule has 2 aromatic rings. The molecule has 2 heterocycles. The fraction of sp³-hybridized carbons (Fsp3) is 0.357. The molecule has 0 radical (unpaired) electrons. The van der Waals surface area contributed by atoms with Gasteiger partial charge in [0.1, 0.15) is 11.6 Å². The topological polar surface area (TPSA) is 17.8 Å². The van der Waals surface area contributed by atoms with Gasteiger partial charge in [-0.3, -0.25) is 0 Å². The zero-order valence-corrected chi connectivity index (χ0v) is 9.86. The second-order valence-corrected chi connectivity index (χ2v) is 4.82. The molecule has 1 aromatic heterocycles. The van der Waals surface area contributed by atoms with Crippen molar-refractivity contribution < 1.29 is 4.39 Å². The highest BCUT2D eigenvalue weighted by molar-refractivity contribution is 5.59. The first-order valence-corrected chi connectivity index (χ1v) is 6.05. The molecule has 88 valence electrons. The van der Waals surface area contributed by atoms with Gasteiger partial charge in [0.25, 0.3) is 0 Å². The van der Waals surface area contributed by atoms with E-state index in [-0.39, 0.29) is 5.82 Å². The minimum absolute atomic E-state index is 0.198. The number of halogens is 1. The minimum Gasteiger partial charge on any atom is -0.334 e. The molecule has 0 N–H and O–H groups in total. The molecule has 0 aliphatic carbocycles. The Bertz CT molecular complexity index is 545. The van der Waals surface area contributed by atoms with E-state index >= 15 is 0 Å². The Morgan fingerprint density at radius 2 is 2.18 bits per heavy atom. The first-order valence-electron chi connectivity index (χ1n) is 6.05. The van der Waals surface area contributed by atoms with Crippen LogP contribution in [0.5, 0.6) is 0 Å². The molecule has 1 aliphatic rings. The van der Waals surface area contributed by atoms with Gasteiger partial charge < -0.3 is 4.57 Å². The van der Waals surface area contributed by atoms with Crippen LogP contribution in [0.3, 0.4) is 0 Å². The molecule has 3 heteroatoms. The summed E-state index contributed by atoms with van der Waals surface area (Å²) in [6.07, 6.45) is 4.15. The highest BCUT2D eigenvalue weighted by Gasteiger charge is 2.18. The lowest BCUT2D eigenvalue weighted by molar-refractivity contribution is 0.394. The van der Waals surface area contributed by atoms with Gasteiger partial charge in [0.05, 0.1) is 5.69 Å². The van der Waals surface area contributed by atoms with E-state index in [2.05, 4.69) is 16.5 Å². The van der Waals surface area contributed by atoms with Gasteiger partial charge in [0.15, 0.2) is 0 Å². The van der Waals surface area contributed by atoms with Gasteiger partial charge in [0, 0.05) is 24.7 Å². The third kappa shape index (κ3) is 1.86. The summed E-state index contributed by atoms with van der Waals surface area (Å²) in [5, 5.41) is 0. The smallest absolute Gasteiger partial charge is 0.132 e. The number of hydrogen-bond donors (Lipinski definition) is 0. The second kappa shape index (κ2) is 3.99. The van der Waals surface area contributed by atoms with Crippen molar-refractivity contribution in [1.82, 2.24) is 9.55 Å². The van der Waals surface area contributed by atoms with Crippen molar-refractivity contribution in [3.63, 3.8) is 0 Å². The van der Waals surface area contributed by atoms with Gasteiger partial charge in [-0.2, -0.15) is 0 Å². The van der Waals surface area contributed by atoms with Crippen LogP contribution in [0.15, 0.2) is 30.5 Å². The van der Waals surface area contributed by atoms with E-state index in [1.165, 1.54) is 12.5 Å². The molecule has 1 atom stereocenters. The number of aryl methyl sites for hydroxylation is 1. The van der Waals surface area contributed by atoms with Crippen LogP contribution < -0.4 is 0 Å². The fourth-order valence-electron chi connectivity index (χ4n) is 2.41. The van der Waals surface area contributed by atoms with Crippen molar-refractivity contribution in [2.24, 2.45) is 5.92 Å². The van der Waals surface area contributed by atoms with Gasteiger partial charge in [-0.1, -0.05) is 19.1 Å². The predicted molar refractivity (Wildman–Crippen MR) is 65.1 cm³/mol. The average Bonchev–Trinajstić information content (AvgIpc) is 2.72. The minimum atomic E-state index is -0.198. The van der Waals surface area contributed by atoms with Crippen molar-refractivity contribution in [3.05, 3.63) is 42.1 Å². The number of benzene rings is 1. The SMILES string of the molecule is CC1CCc2nc(-c3ccccc3F)cn2C1. The summed E-state index contributed by atoms with van der Waals surface area (Å²) in [5.74, 6) is 1.57. The maximum Gasteiger partial charge on any atom is 0.132 e. The quantitative estimate of drug-likeness (QED) is 0.735. The van der Waals surface area contributed by atoms with Crippen molar-refractivity contribution >= 4 is 0 Å². The molecular formula is C14H15FN2. The summed E-state index contributed by atoms with van der Waals surface area (Å²) >= 11 is 0. The van der Waals surface area contributed by atoms with Crippen LogP contribution in [-0.2, 0) is 13.0 Å². The van der Waals surface area contributed by atoms with Crippen LogP contribution in [0.4, 0.5) is 4.39 Å². The number of imidazole rings is 1. The van der Waals surface area contributed by atoms with Crippen LogP contribution in [0.1, 0.15) is 19.2 Å². The summed E-state index contributed by atoms with van der Waals surface area (Å²) in [7, 11) is 0. The third-order valence-electron chi connectivity index (χ3n) is 3.38. The zero-order chi connectivity index (χ0) is 11.8. The summed E-state index contributed by atoms with van der Waals surface area (Å²) in [6.45, 7) is 3.24. The van der Waals surface area contributed by atoms with Crippen LogP contribution in [0.25, 0.3) is 11.3 Å². The molecule has 1 aliphatic heterocycles. The predicted octanol–water partition coefficient (Wildman–Crippen LogP) is 3.27. The molecule has 0 spiro atoms. The number of nitrogens with zero attached hydrogens (tertiary/aromatic N) is 2. The molecule has 17 heavy (non-hydrogen) atoms. The number of fused-ring (bicyclic) bond motifs is 1. The Kier molecular flexibility index (Phi) is 2.46. The Balaban J connectivity index is 2.03. The van der Waals surface area contributed by atoms with Crippen molar-refractivity contribution in [2.45, 2.75) is 26.3 Å². The highest BCUT2D eigenvalue weighted by Crippen LogP contribution is 2.26. The van der Waals surface area contributed by atoms with E-state index in [0.29, 0.717) is 11.5 Å². The monoisotopic (exact) mass is 230 g/mol. The Labute approximate surface area is 100 Å². The molecule has 0 saturated carbocycles. The largest absolute Gasteiger partial charge is 0.334 e. The van der Waals surface area contributed by atoms with E-state index in [9.17, 15) is 4.39 Å². The van der Waals surface area contributed by atoms with Crippen LogP contribution in [0.2, 0.25) is 0 Å². The van der Waals surface area contributed by atoms with Gasteiger partial charge in [-0.05, 0) is 24.5 Å². The summed E-state index contributed by atoms with van der Waals surface area (Å²) in [5.41, 5.74) is 1.36. The van der Waals surface area contributed by atoms with E-state index in [1.54, 1.807) is 12.1 Å². The van der Waals surface area contributed by atoms with Gasteiger partial charge in [0.2, 0.25) is 0 Å². The summed E-state index contributed by atoms with van der Waals surface area (Å²) < 4.78 is 15.8. The number of rotatable bonds is 1. The van der Waals surface area contributed by atoms with E-state index < -0.39 is 0 Å². The van der Waals surface area contributed by atoms with E-state index in [1.807, 2.05) is 12.3 Å². The average molecular weight is 230 g/mol. The molecular weight excluding hydrogens is 215 g/mol. The number of hydrogen-bond acceptors (Lipinski definition) is 1. The van der Waals surface area contributed by atoms with Crippen molar-refractivity contribution in [2.75, 3.05) is 0 Å². The van der Waals surface area contributed by atoms with Crippen LogP contribution in [0, 0.1) is 11.7 Å². The molecule has 0 saturated heterocycles. The van der Waals surface area contributed by atoms with E-state index in [4.69, 9.17) is 0 Å². The van der Waals surface area contributed by atoms with Crippen molar-refractivity contribution in [1.29, 1.82) is 0 Å².